The van der Waals surface area contributed by atoms with Gasteiger partial charge in [-0.15, -0.1) is 6.58 Å². The molecule has 2 amide bonds. The summed E-state index contributed by atoms with van der Waals surface area (Å²) in [4.78, 5) is 30.7. The second-order valence-electron chi connectivity index (χ2n) is 5.05. The van der Waals surface area contributed by atoms with Crippen molar-refractivity contribution in [3.63, 3.8) is 0 Å². The molecule has 7 heteroatoms. The van der Waals surface area contributed by atoms with Crippen LogP contribution in [0.1, 0.15) is 41.5 Å². The average Bonchev–Trinajstić information content (AvgIpc) is 2.36. The Bertz CT molecular complexity index is 395. The van der Waals surface area contributed by atoms with Crippen LogP contribution in [-0.2, 0) is 14.3 Å². The summed E-state index contributed by atoms with van der Waals surface area (Å²) >= 11 is 0. The quantitative estimate of drug-likeness (QED) is 0.359. The zero-order valence-electron chi connectivity index (χ0n) is 14.6. The number of nitrogens with zero attached hydrogens (tertiary/aromatic N) is 1. The van der Waals surface area contributed by atoms with Gasteiger partial charge in [0.1, 0.15) is 12.6 Å². The fourth-order valence-corrected chi connectivity index (χ4v) is 0.688. The Labute approximate surface area is 132 Å². The lowest BCUT2D eigenvalue weighted by Crippen LogP contribution is -2.32. The van der Waals surface area contributed by atoms with Crippen LogP contribution >= 0.6 is 0 Å². The maximum atomic E-state index is 10.7. The Kier molecular flexibility index (Phi) is 15.6. The van der Waals surface area contributed by atoms with Crippen molar-refractivity contribution in [3.8, 4) is 0 Å². The summed E-state index contributed by atoms with van der Waals surface area (Å²) in [5, 5.41) is 10.8. The summed E-state index contributed by atoms with van der Waals surface area (Å²) in [6.45, 7) is 14.6. The van der Waals surface area contributed by atoms with Crippen molar-refractivity contribution in [2.24, 2.45) is 0 Å². The van der Waals surface area contributed by atoms with Gasteiger partial charge in [-0.25, -0.2) is 14.4 Å². The largest absolute Gasteiger partial charge is 0.474 e. The highest BCUT2D eigenvalue weighted by atomic mass is 16.6. The van der Waals surface area contributed by atoms with E-state index in [0.717, 1.165) is 4.58 Å². The van der Waals surface area contributed by atoms with Crippen molar-refractivity contribution in [3.05, 3.63) is 12.7 Å². The van der Waals surface area contributed by atoms with Gasteiger partial charge in [0.2, 0.25) is 0 Å². The number of alkyl carbamates (subject to hydrolysis) is 1. The second-order valence-corrected chi connectivity index (χ2v) is 5.05. The van der Waals surface area contributed by atoms with Crippen molar-refractivity contribution in [1.29, 1.82) is 0 Å². The van der Waals surface area contributed by atoms with Crippen molar-refractivity contribution >= 4 is 24.2 Å². The lowest BCUT2D eigenvalue weighted by Gasteiger charge is -2.19. The van der Waals surface area contributed by atoms with Crippen LogP contribution in [0.25, 0.3) is 0 Å². The third-order valence-corrected chi connectivity index (χ3v) is 1.72. The Hall–Kier alpha value is -2.18. The number of hydrogen-bond acceptors (Lipinski definition) is 4. The first-order chi connectivity index (χ1) is 9.96. The van der Waals surface area contributed by atoms with Crippen molar-refractivity contribution in [2.75, 3.05) is 13.6 Å². The molecule has 22 heavy (non-hydrogen) atoms. The van der Waals surface area contributed by atoms with E-state index >= 15 is 0 Å². The molecule has 2 N–H and O–H groups in total. The van der Waals surface area contributed by atoms with Gasteiger partial charge in [-0.1, -0.05) is 6.08 Å². The van der Waals surface area contributed by atoms with Gasteiger partial charge in [0, 0.05) is 13.5 Å². The maximum absolute atomic E-state index is 10.7. The number of ether oxygens (including phenoxy) is 1. The van der Waals surface area contributed by atoms with Gasteiger partial charge in [0.05, 0.1) is 0 Å². The average molecular weight is 317 g/mol. The fraction of sp³-hybridized carbons (Fsp3) is 0.600. The van der Waals surface area contributed by atoms with Gasteiger partial charge in [0.15, 0.2) is 0 Å². The molecule has 0 aromatic rings. The minimum atomic E-state index is -1.08. The molecule has 7 nitrogen and oxygen atoms in total. The van der Waals surface area contributed by atoms with E-state index < -0.39 is 5.97 Å². The van der Waals surface area contributed by atoms with Gasteiger partial charge in [-0.3, -0.25) is 0 Å². The predicted molar refractivity (Wildman–Crippen MR) is 86.3 cm³/mol. The van der Waals surface area contributed by atoms with Gasteiger partial charge in [-0.05, 0) is 34.6 Å². The Morgan fingerprint density at radius 3 is 1.95 bits per heavy atom. The van der Waals surface area contributed by atoms with Gasteiger partial charge in [0.25, 0.3) is 5.71 Å². The molecule has 0 aromatic carbocycles. The summed E-state index contributed by atoms with van der Waals surface area (Å²) in [6, 6.07) is 0. The molecular weight excluding hydrogens is 288 g/mol. The molecule has 0 aromatic heterocycles. The van der Waals surface area contributed by atoms with Gasteiger partial charge in [-0.2, -0.15) is 4.58 Å². The summed E-state index contributed by atoms with van der Waals surface area (Å²) in [7, 11) is 1.39. The molecule has 0 aliphatic rings. The van der Waals surface area contributed by atoms with E-state index in [1.54, 1.807) is 6.08 Å². The zero-order valence-corrected chi connectivity index (χ0v) is 14.6. The molecule has 0 bridgehead atoms. The van der Waals surface area contributed by atoms with Crippen LogP contribution in [0, 0.1) is 0 Å². The lowest BCUT2D eigenvalue weighted by atomic mass is 10.2. The van der Waals surface area contributed by atoms with E-state index in [2.05, 4.69) is 11.9 Å². The number of allylic oxidation sites excluding steroid dienone is 1. The molecule has 0 rings (SSSR count). The maximum Gasteiger partial charge on any atom is 0.407 e. The molecule has 0 saturated carbocycles. The van der Waals surface area contributed by atoms with E-state index in [0.29, 0.717) is 13.0 Å². The molecule has 0 spiro atoms. The molecule has 0 aliphatic heterocycles. The summed E-state index contributed by atoms with van der Waals surface area (Å²) in [5.41, 5.74) is -0.371. The van der Waals surface area contributed by atoms with Crippen molar-refractivity contribution in [1.82, 2.24) is 5.32 Å². The number of carboxylic acid groups (broad SMARTS) is 1. The third-order valence-electron chi connectivity index (χ3n) is 1.72. The molecule has 128 valence electrons. The zero-order chi connectivity index (χ0) is 18.3. The third kappa shape index (κ3) is 20.1. The Balaban J connectivity index is -0.000000279. The topological polar surface area (TPSA) is 95.7 Å². The molecule has 0 aliphatic carbocycles. The summed E-state index contributed by atoms with van der Waals surface area (Å²) in [5.74, 6) is -1.08. The number of aliphatic carboxylic acids is 1. The van der Waals surface area contributed by atoms with Crippen LogP contribution in [0.2, 0.25) is 0 Å². The molecule has 0 unspecified atom stereocenters. The number of carbonyl (C=O) groups is 3. The minimum Gasteiger partial charge on any atom is -0.474 e. The number of nitrogens with one attached hydrogen (secondary N) is 1. The van der Waals surface area contributed by atoms with E-state index in [1.165, 1.54) is 14.0 Å². The highest BCUT2D eigenvalue weighted by Crippen LogP contribution is 2.05. The Morgan fingerprint density at radius 1 is 1.36 bits per heavy atom. The van der Waals surface area contributed by atoms with E-state index in [9.17, 15) is 14.4 Å². The van der Waals surface area contributed by atoms with Gasteiger partial charge >= 0.3 is 18.5 Å². The normalized spacial score (nSPS) is 10.5. The first-order valence-electron chi connectivity index (χ1n) is 6.75. The number of carboxylic acids is 1. The highest BCUT2D eigenvalue weighted by molar-refractivity contribution is 6.32. The predicted octanol–water partition coefficient (Wildman–Crippen LogP) is 2.05. The van der Waals surface area contributed by atoms with E-state index in [4.69, 9.17) is 9.84 Å². The van der Waals surface area contributed by atoms with Crippen LogP contribution in [0.4, 0.5) is 4.79 Å². The number of rotatable bonds is 3. The van der Waals surface area contributed by atoms with Crippen LogP contribution in [-0.4, -0.2) is 53.1 Å². The van der Waals surface area contributed by atoms with Crippen molar-refractivity contribution in [2.45, 2.75) is 47.1 Å². The summed E-state index contributed by atoms with van der Waals surface area (Å²) < 4.78 is 5.93. The van der Waals surface area contributed by atoms with Gasteiger partial charge < -0.3 is 15.2 Å². The van der Waals surface area contributed by atoms with Crippen LogP contribution in [0.5, 0.6) is 0 Å². The fourth-order valence-electron chi connectivity index (χ4n) is 0.688. The smallest absolute Gasteiger partial charge is 0.407 e. The van der Waals surface area contributed by atoms with Crippen LogP contribution in [0.15, 0.2) is 12.7 Å². The molecule has 0 fully saturated rings. The number of amides is 2. The molecule has 0 heterocycles. The molecule has 0 radical (unpaired) electrons. The molecule has 0 atom stereocenters. The Morgan fingerprint density at radius 2 is 1.77 bits per heavy atom. The first-order valence-corrected chi connectivity index (χ1v) is 6.75. The van der Waals surface area contributed by atoms with Crippen molar-refractivity contribution < 1.29 is 28.8 Å². The second kappa shape index (κ2) is 13.8. The van der Waals surface area contributed by atoms with E-state index in [-0.39, 0.29) is 17.4 Å². The van der Waals surface area contributed by atoms with E-state index in [1.807, 2.05) is 34.6 Å². The monoisotopic (exact) mass is 317 g/mol. The summed E-state index contributed by atoms with van der Waals surface area (Å²) in [6.07, 6.45) is 1.85. The van der Waals surface area contributed by atoms with Crippen LogP contribution < -0.4 is 5.32 Å². The number of carbonyl (C=O) groups excluding carboxylic acids is 2. The molecular formula is C15H29N2O5+. The standard InChI is InChI=1S/C7H15NO2.C5H7NO3.C3H6/c1-5-8-6(9)10-7(2,3)4;1-4(5(8)9)6(2)3-7;1-3-2/h5H2,1-4H3,(H,8,9);3H,1-2H3;3H,1H2,2H3/p+1. The SMILES string of the molecule is C=CC.CC(C(=O)O)=[N+](C)C=O.CCNC(=O)OC(C)(C)C. The highest BCUT2D eigenvalue weighted by Gasteiger charge is 2.14. The minimum absolute atomic E-state index is 0.0185. The molecule has 0 saturated heterocycles. The first kappa shape index (κ1) is 24.8. The lowest BCUT2D eigenvalue weighted by molar-refractivity contribution is -0.401. The van der Waals surface area contributed by atoms with Crippen LogP contribution in [0.3, 0.4) is 0 Å². The number of hydrogen-bond donors (Lipinski definition) is 2.